The van der Waals surface area contributed by atoms with Crippen molar-refractivity contribution >= 4 is 46.7 Å². The van der Waals surface area contributed by atoms with E-state index >= 15 is 0 Å². The number of benzene rings is 3. The number of amides is 2. The summed E-state index contributed by atoms with van der Waals surface area (Å²) in [5.41, 5.74) is 7.72. The molecule has 2 heterocycles. The highest BCUT2D eigenvalue weighted by atomic mass is 32.2. The maximum Gasteiger partial charge on any atom is 0.230 e. The summed E-state index contributed by atoms with van der Waals surface area (Å²) >= 11 is 2.94. The third-order valence-electron chi connectivity index (χ3n) is 10.7. The number of aromatic nitrogens is 4. The van der Waals surface area contributed by atoms with Crippen molar-refractivity contribution in [3.8, 4) is 11.4 Å². The Hall–Kier alpha value is -4.68. The molecule has 2 aliphatic rings. The number of hydrogen-bond acceptors (Lipinski definition) is 8. The normalized spacial score (nSPS) is 16.9. The summed E-state index contributed by atoms with van der Waals surface area (Å²) in [5, 5.41) is 15.2. The van der Waals surface area contributed by atoms with Crippen molar-refractivity contribution in [3.63, 3.8) is 0 Å². The van der Waals surface area contributed by atoms with Crippen LogP contribution in [0.5, 0.6) is 0 Å². The van der Waals surface area contributed by atoms with Crippen LogP contribution >= 0.6 is 23.5 Å². The molecule has 10 nitrogen and oxygen atoms in total. The zero-order valence-corrected chi connectivity index (χ0v) is 34.1. The average Bonchev–Trinajstić information content (AvgIpc) is 4.05. The molecule has 2 unspecified atom stereocenters. The van der Waals surface area contributed by atoms with Gasteiger partial charge in [0.1, 0.15) is 0 Å². The molecule has 2 atom stereocenters. The molecular formula is C44H54N8O2S2. The predicted octanol–water partition coefficient (Wildman–Crippen LogP) is 8.89. The molecule has 5 aromatic rings. The maximum absolute atomic E-state index is 13.3. The SMILES string of the molecule is CCCCNc1ccc(-n2ccnc2SCC(=O)NC2CCC(c3cnc(SCC(=O)NC4CCCC4)n3-c3cccc(NCc4ccc(C)cc4)c3)C2)cc1. The predicted molar refractivity (Wildman–Crippen MR) is 229 cm³/mol. The Morgan fingerprint density at radius 1 is 0.786 bits per heavy atom. The van der Waals surface area contributed by atoms with Crippen LogP contribution in [0.2, 0.25) is 0 Å². The molecule has 0 bridgehead atoms. The van der Waals surface area contributed by atoms with Crippen molar-refractivity contribution in [2.45, 2.75) is 106 Å². The number of carbonyl (C=O) groups excluding carboxylic acids is 2. The number of unbranched alkanes of at least 4 members (excludes halogenated alkanes) is 1. The van der Waals surface area contributed by atoms with Crippen LogP contribution in [0.4, 0.5) is 11.4 Å². The van der Waals surface area contributed by atoms with Gasteiger partial charge in [-0.05, 0) is 93.5 Å². The van der Waals surface area contributed by atoms with Crippen molar-refractivity contribution in [1.82, 2.24) is 29.7 Å². The molecule has 12 heteroatoms. The van der Waals surface area contributed by atoms with Crippen LogP contribution in [0.3, 0.4) is 0 Å². The molecule has 2 aromatic heterocycles. The van der Waals surface area contributed by atoms with E-state index in [2.05, 4.69) is 117 Å². The number of hydrogen-bond donors (Lipinski definition) is 4. The zero-order valence-electron chi connectivity index (χ0n) is 32.5. The summed E-state index contributed by atoms with van der Waals surface area (Å²) in [7, 11) is 0. The van der Waals surface area contributed by atoms with Crippen LogP contribution in [0.15, 0.2) is 102 Å². The van der Waals surface area contributed by atoms with Gasteiger partial charge in [0.05, 0.1) is 17.7 Å². The summed E-state index contributed by atoms with van der Waals surface area (Å²) in [6, 6.07) is 25.7. The molecule has 2 amide bonds. The van der Waals surface area contributed by atoms with Gasteiger partial charge in [-0.25, -0.2) is 9.97 Å². The van der Waals surface area contributed by atoms with Crippen molar-refractivity contribution in [3.05, 3.63) is 108 Å². The number of carbonyl (C=O) groups is 2. The maximum atomic E-state index is 13.3. The Morgan fingerprint density at radius 3 is 2.30 bits per heavy atom. The van der Waals surface area contributed by atoms with Gasteiger partial charge >= 0.3 is 0 Å². The Balaban J connectivity index is 0.992. The monoisotopic (exact) mass is 790 g/mol. The molecule has 0 aliphatic heterocycles. The minimum absolute atomic E-state index is 0.0102. The van der Waals surface area contributed by atoms with Crippen LogP contribution in [0.1, 0.15) is 87.4 Å². The van der Waals surface area contributed by atoms with Gasteiger partial charge in [0.2, 0.25) is 11.8 Å². The van der Waals surface area contributed by atoms with E-state index < -0.39 is 0 Å². The molecule has 4 N–H and O–H groups in total. The second kappa shape index (κ2) is 19.5. The first kappa shape index (κ1) is 39.6. The quantitative estimate of drug-likeness (QED) is 0.0514. The Morgan fingerprint density at radius 2 is 1.54 bits per heavy atom. The highest BCUT2D eigenvalue weighted by Gasteiger charge is 2.31. The second-order valence-corrected chi connectivity index (χ2v) is 16.9. The molecule has 2 saturated carbocycles. The highest BCUT2D eigenvalue weighted by molar-refractivity contribution is 8.00. The number of aryl methyl sites for hydroxylation is 1. The fourth-order valence-electron chi connectivity index (χ4n) is 7.65. The fourth-order valence-corrected chi connectivity index (χ4v) is 9.25. The van der Waals surface area contributed by atoms with Gasteiger partial charge in [-0.15, -0.1) is 0 Å². The zero-order chi connectivity index (χ0) is 38.7. The number of nitrogens with one attached hydrogen (secondary N) is 4. The number of thioether (sulfide) groups is 2. The van der Waals surface area contributed by atoms with E-state index in [-0.39, 0.29) is 29.8 Å². The summed E-state index contributed by atoms with van der Waals surface area (Å²) in [6.07, 6.45) is 15.1. The van der Waals surface area contributed by atoms with Crippen LogP contribution in [-0.4, -0.2) is 61.1 Å². The molecule has 2 aliphatic carbocycles. The molecule has 2 fully saturated rings. The second-order valence-electron chi connectivity index (χ2n) is 15.0. The standard InChI is InChI=1S/C44H54N8O2S2/c1-3-4-22-45-34-18-20-38(21-19-34)51-24-23-46-43(51)55-29-42(54)50-37-17-16-33(25-37)40-28-48-44(56-30-41(53)49-35-8-5-6-9-35)52(40)39-11-7-10-36(26-39)47-27-32-14-12-31(2)13-15-32/h7,10-15,18-21,23-24,26,28,33,35,37,45,47H,3-6,8-9,16-17,22,25,27,29-30H2,1-2H3,(H,49,53)(H,50,54). The Bertz CT molecular complexity index is 2040. The Labute approximate surface area is 339 Å². The lowest BCUT2D eigenvalue weighted by atomic mass is 10.0. The van der Waals surface area contributed by atoms with Crippen molar-refractivity contribution in [2.24, 2.45) is 0 Å². The summed E-state index contributed by atoms with van der Waals surface area (Å²) < 4.78 is 4.25. The molecule has 0 radical (unpaired) electrons. The fraction of sp³-hybridized carbons (Fsp3) is 0.409. The van der Waals surface area contributed by atoms with Gasteiger partial charge in [0.25, 0.3) is 0 Å². The largest absolute Gasteiger partial charge is 0.385 e. The molecule has 0 saturated heterocycles. The molecule has 294 valence electrons. The molecular weight excluding hydrogens is 737 g/mol. The van der Waals surface area contributed by atoms with Crippen LogP contribution in [0, 0.1) is 6.92 Å². The van der Waals surface area contributed by atoms with E-state index in [0.29, 0.717) is 11.5 Å². The van der Waals surface area contributed by atoms with Crippen molar-refractivity contribution in [2.75, 3.05) is 28.7 Å². The molecule has 56 heavy (non-hydrogen) atoms. The number of rotatable bonds is 18. The van der Waals surface area contributed by atoms with E-state index in [9.17, 15) is 9.59 Å². The van der Waals surface area contributed by atoms with Crippen molar-refractivity contribution in [1.29, 1.82) is 0 Å². The first-order valence-corrected chi connectivity index (χ1v) is 22.1. The van der Waals surface area contributed by atoms with E-state index in [4.69, 9.17) is 4.98 Å². The Kier molecular flexibility index (Phi) is 13.7. The van der Waals surface area contributed by atoms with E-state index in [0.717, 1.165) is 96.8 Å². The van der Waals surface area contributed by atoms with Crippen LogP contribution in [0.25, 0.3) is 11.4 Å². The molecule has 3 aromatic carbocycles. The van der Waals surface area contributed by atoms with Crippen LogP contribution in [-0.2, 0) is 16.1 Å². The summed E-state index contributed by atoms with van der Waals surface area (Å²) in [4.78, 5) is 35.7. The van der Waals surface area contributed by atoms with Gasteiger partial charge < -0.3 is 21.3 Å². The molecule has 7 rings (SSSR count). The van der Waals surface area contributed by atoms with Gasteiger partial charge in [-0.2, -0.15) is 0 Å². The average molecular weight is 791 g/mol. The summed E-state index contributed by atoms with van der Waals surface area (Å²) in [5.74, 6) is 0.891. The minimum atomic E-state index is 0.0102. The lowest BCUT2D eigenvalue weighted by Gasteiger charge is -2.18. The van der Waals surface area contributed by atoms with Gasteiger partial charge in [-0.3, -0.25) is 18.7 Å². The van der Waals surface area contributed by atoms with Crippen molar-refractivity contribution < 1.29 is 9.59 Å². The summed E-state index contributed by atoms with van der Waals surface area (Å²) in [6.45, 7) is 5.97. The van der Waals surface area contributed by atoms with Gasteiger partial charge in [0, 0.05) is 71.9 Å². The first-order valence-electron chi connectivity index (χ1n) is 20.1. The topological polar surface area (TPSA) is 118 Å². The lowest BCUT2D eigenvalue weighted by molar-refractivity contribution is -0.120. The minimum Gasteiger partial charge on any atom is -0.385 e. The smallest absolute Gasteiger partial charge is 0.230 e. The number of anilines is 2. The highest BCUT2D eigenvalue weighted by Crippen LogP contribution is 2.38. The van der Waals surface area contributed by atoms with E-state index in [1.807, 2.05) is 17.0 Å². The third kappa shape index (κ3) is 10.6. The lowest BCUT2D eigenvalue weighted by Crippen LogP contribution is -2.34. The number of nitrogens with zero attached hydrogens (tertiary/aromatic N) is 4. The van der Waals surface area contributed by atoms with Crippen LogP contribution < -0.4 is 21.3 Å². The molecule has 0 spiro atoms. The third-order valence-corrected chi connectivity index (χ3v) is 12.6. The van der Waals surface area contributed by atoms with E-state index in [1.54, 1.807) is 6.20 Å². The first-order chi connectivity index (χ1) is 27.4. The number of imidazole rings is 2. The van der Waals surface area contributed by atoms with Gasteiger partial charge in [-0.1, -0.05) is 85.6 Å². The van der Waals surface area contributed by atoms with E-state index in [1.165, 1.54) is 47.5 Å². The van der Waals surface area contributed by atoms with Gasteiger partial charge in [0.15, 0.2) is 10.3 Å².